The van der Waals surface area contributed by atoms with Crippen molar-refractivity contribution in [1.29, 1.82) is 0 Å². The van der Waals surface area contributed by atoms with Crippen LogP contribution in [0.5, 0.6) is 0 Å². The molecule has 2 amide bonds. The third kappa shape index (κ3) is 5.98. The Hall–Kier alpha value is -1.95. The number of carbonyl (C=O) groups excluding carboxylic acids is 2. The number of aromatic nitrogens is 1. The molecule has 1 saturated heterocycles. The Morgan fingerprint density at radius 3 is 2.61 bits per heavy atom. The first-order valence-corrected chi connectivity index (χ1v) is 8.25. The molecule has 2 N–H and O–H groups in total. The molecule has 0 aromatic carbocycles. The molecule has 1 aliphatic heterocycles. The van der Waals surface area contributed by atoms with Crippen LogP contribution in [0.4, 0.5) is 0 Å². The van der Waals surface area contributed by atoms with Crippen LogP contribution in [0.2, 0.25) is 0 Å². The van der Waals surface area contributed by atoms with Gasteiger partial charge in [0.1, 0.15) is 0 Å². The normalized spacial score (nSPS) is 16.3. The highest BCUT2D eigenvalue weighted by molar-refractivity contribution is 6.35. The number of carbonyl (C=O) groups is 2. The van der Waals surface area contributed by atoms with E-state index in [-0.39, 0.29) is 6.04 Å². The lowest BCUT2D eigenvalue weighted by Crippen LogP contribution is -2.45. The maximum absolute atomic E-state index is 11.7. The molecule has 0 bridgehead atoms. The third-order valence-electron chi connectivity index (χ3n) is 4.00. The summed E-state index contributed by atoms with van der Waals surface area (Å²) in [6.45, 7) is 7.11. The van der Waals surface area contributed by atoms with E-state index >= 15 is 0 Å². The smallest absolute Gasteiger partial charge is 0.309 e. The van der Waals surface area contributed by atoms with E-state index in [1.54, 1.807) is 0 Å². The number of rotatable bonds is 5. The molecule has 126 valence electrons. The Morgan fingerprint density at radius 1 is 1.26 bits per heavy atom. The van der Waals surface area contributed by atoms with Crippen LogP contribution in [-0.2, 0) is 16.1 Å². The molecule has 1 aliphatic rings. The van der Waals surface area contributed by atoms with Crippen LogP contribution >= 0.6 is 0 Å². The minimum absolute atomic E-state index is 0.0249. The van der Waals surface area contributed by atoms with Crippen molar-refractivity contribution < 1.29 is 9.59 Å². The van der Waals surface area contributed by atoms with Gasteiger partial charge in [0, 0.05) is 25.3 Å². The van der Waals surface area contributed by atoms with Crippen molar-refractivity contribution in [2.75, 3.05) is 19.6 Å². The molecule has 1 fully saturated rings. The van der Waals surface area contributed by atoms with Crippen LogP contribution in [0.3, 0.4) is 0 Å². The molecule has 0 unspecified atom stereocenters. The molecule has 2 rings (SSSR count). The van der Waals surface area contributed by atoms with Gasteiger partial charge in [0.15, 0.2) is 0 Å². The second kappa shape index (κ2) is 8.62. The first-order valence-electron chi connectivity index (χ1n) is 8.25. The lowest BCUT2D eigenvalue weighted by molar-refractivity contribution is -0.139. The maximum Gasteiger partial charge on any atom is 0.309 e. The number of hydrogen-bond donors (Lipinski definition) is 2. The number of amides is 2. The third-order valence-corrected chi connectivity index (χ3v) is 4.00. The van der Waals surface area contributed by atoms with Crippen molar-refractivity contribution in [3.05, 3.63) is 30.1 Å². The molecule has 1 aromatic heterocycles. The van der Waals surface area contributed by atoms with Gasteiger partial charge in [-0.25, -0.2) is 0 Å². The summed E-state index contributed by atoms with van der Waals surface area (Å²) in [6, 6.07) is 5.95. The van der Waals surface area contributed by atoms with Crippen LogP contribution in [-0.4, -0.2) is 47.4 Å². The molecule has 1 aromatic rings. The summed E-state index contributed by atoms with van der Waals surface area (Å²) in [5.74, 6) is -0.645. The highest BCUT2D eigenvalue weighted by Crippen LogP contribution is 2.17. The van der Waals surface area contributed by atoms with Gasteiger partial charge in [-0.05, 0) is 57.8 Å². The zero-order valence-corrected chi connectivity index (χ0v) is 13.9. The van der Waals surface area contributed by atoms with Gasteiger partial charge in [0.2, 0.25) is 0 Å². The molecule has 23 heavy (non-hydrogen) atoms. The predicted molar refractivity (Wildman–Crippen MR) is 88.5 cm³/mol. The van der Waals surface area contributed by atoms with Crippen LogP contribution in [0.1, 0.15) is 32.4 Å². The van der Waals surface area contributed by atoms with E-state index < -0.39 is 11.8 Å². The summed E-state index contributed by atoms with van der Waals surface area (Å²) >= 11 is 0. The predicted octanol–water partition coefficient (Wildman–Crippen LogP) is 0.934. The van der Waals surface area contributed by atoms with E-state index in [1.165, 1.54) is 0 Å². The zero-order chi connectivity index (χ0) is 16.7. The maximum atomic E-state index is 11.7. The molecule has 6 heteroatoms. The van der Waals surface area contributed by atoms with Crippen molar-refractivity contribution in [2.45, 2.75) is 39.3 Å². The molecule has 0 spiro atoms. The molecule has 2 heterocycles. The highest BCUT2D eigenvalue weighted by Gasteiger charge is 2.21. The first-order chi connectivity index (χ1) is 11.0. The summed E-state index contributed by atoms with van der Waals surface area (Å²) in [7, 11) is 0. The topological polar surface area (TPSA) is 74.3 Å². The molecule has 6 nitrogen and oxygen atoms in total. The Bertz CT molecular complexity index is 511. The Balaban J connectivity index is 1.67. The van der Waals surface area contributed by atoms with Gasteiger partial charge in [0.25, 0.3) is 0 Å². The molecule has 0 radical (unpaired) electrons. The fraction of sp³-hybridized carbons (Fsp3) is 0.588. The van der Waals surface area contributed by atoms with Gasteiger partial charge in [-0.3, -0.25) is 19.5 Å². The van der Waals surface area contributed by atoms with Gasteiger partial charge in [0.05, 0.1) is 5.69 Å². The molecular weight excluding hydrogens is 292 g/mol. The average molecular weight is 318 g/mol. The number of piperidine rings is 1. The van der Waals surface area contributed by atoms with Crippen LogP contribution in [0, 0.1) is 5.92 Å². The Morgan fingerprint density at radius 2 is 2.00 bits per heavy atom. The molecule has 0 saturated carbocycles. The average Bonchev–Trinajstić information content (AvgIpc) is 2.54. The van der Waals surface area contributed by atoms with E-state index in [0.29, 0.717) is 12.5 Å². The summed E-state index contributed by atoms with van der Waals surface area (Å²) in [4.78, 5) is 30.0. The standard InChI is InChI=1S/C17H26N4O2/c1-13(2)20-17(23)16(22)19-11-14-6-9-21(10-7-14)12-15-5-3-4-8-18-15/h3-5,8,13-14H,6-7,9-12H2,1-2H3,(H,19,22)(H,20,23). The largest absolute Gasteiger partial charge is 0.348 e. The number of likely N-dealkylation sites (tertiary alicyclic amines) is 1. The lowest BCUT2D eigenvalue weighted by Gasteiger charge is -2.31. The number of nitrogens with zero attached hydrogens (tertiary/aromatic N) is 2. The quantitative estimate of drug-likeness (QED) is 0.792. The van der Waals surface area contributed by atoms with Crippen LogP contribution in [0.15, 0.2) is 24.4 Å². The molecular formula is C17H26N4O2. The van der Waals surface area contributed by atoms with E-state index in [2.05, 4.69) is 20.5 Å². The minimum atomic E-state index is -0.549. The summed E-state index contributed by atoms with van der Waals surface area (Å²) in [5.41, 5.74) is 1.09. The molecule has 0 aliphatic carbocycles. The summed E-state index contributed by atoms with van der Waals surface area (Å²) in [6.07, 6.45) is 3.87. The van der Waals surface area contributed by atoms with E-state index in [4.69, 9.17) is 0 Å². The van der Waals surface area contributed by atoms with Crippen molar-refractivity contribution in [3.8, 4) is 0 Å². The number of nitrogens with one attached hydrogen (secondary N) is 2. The second-order valence-electron chi connectivity index (χ2n) is 6.38. The lowest BCUT2D eigenvalue weighted by atomic mass is 9.96. The molecule has 0 atom stereocenters. The van der Waals surface area contributed by atoms with Crippen molar-refractivity contribution >= 4 is 11.8 Å². The fourth-order valence-corrected chi connectivity index (χ4v) is 2.71. The van der Waals surface area contributed by atoms with E-state index in [0.717, 1.165) is 38.2 Å². The SMILES string of the molecule is CC(C)NC(=O)C(=O)NCC1CCN(Cc2ccccn2)CC1. The van der Waals surface area contributed by atoms with Crippen LogP contribution in [0.25, 0.3) is 0 Å². The Kier molecular flexibility index (Phi) is 6.52. The highest BCUT2D eigenvalue weighted by atomic mass is 16.2. The fourth-order valence-electron chi connectivity index (χ4n) is 2.71. The second-order valence-corrected chi connectivity index (χ2v) is 6.38. The summed E-state index contributed by atoms with van der Waals surface area (Å²) in [5, 5.41) is 5.34. The van der Waals surface area contributed by atoms with Gasteiger partial charge >= 0.3 is 11.8 Å². The van der Waals surface area contributed by atoms with Gasteiger partial charge in [-0.15, -0.1) is 0 Å². The van der Waals surface area contributed by atoms with Crippen molar-refractivity contribution in [3.63, 3.8) is 0 Å². The first kappa shape index (κ1) is 17.4. The van der Waals surface area contributed by atoms with Crippen LogP contribution < -0.4 is 10.6 Å². The van der Waals surface area contributed by atoms with Gasteiger partial charge in [-0.2, -0.15) is 0 Å². The van der Waals surface area contributed by atoms with Gasteiger partial charge in [-0.1, -0.05) is 6.07 Å². The number of hydrogen-bond acceptors (Lipinski definition) is 4. The summed E-state index contributed by atoms with van der Waals surface area (Å²) < 4.78 is 0. The minimum Gasteiger partial charge on any atom is -0.348 e. The Labute approximate surface area is 137 Å². The van der Waals surface area contributed by atoms with E-state index in [1.807, 2.05) is 38.2 Å². The number of pyridine rings is 1. The van der Waals surface area contributed by atoms with Crippen molar-refractivity contribution in [1.82, 2.24) is 20.5 Å². The van der Waals surface area contributed by atoms with Crippen molar-refractivity contribution in [2.24, 2.45) is 5.92 Å². The zero-order valence-electron chi connectivity index (χ0n) is 13.9. The van der Waals surface area contributed by atoms with Gasteiger partial charge < -0.3 is 10.6 Å². The monoisotopic (exact) mass is 318 g/mol. The van der Waals surface area contributed by atoms with E-state index in [9.17, 15) is 9.59 Å².